The van der Waals surface area contributed by atoms with Crippen LogP contribution in [0.1, 0.15) is 39.4 Å². The van der Waals surface area contributed by atoms with E-state index in [-0.39, 0.29) is 50.0 Å². The van der Waals surface area contributed by atoms with Crippen LogP contribution in [0.4, 0.5) is 0 Å². The highest BCUT2D eigenvalue weighted by molar-refractivity contribution is 5.95. The normalized spacial score (nSPS) is 18.7. The zero-order valence-electron chi connectivity index (χ0n) is 24.0. The number of carbonyl (C=O) groups is 3. The molecule has 3 amide bonds. The van der Waals surface area contributed by atoms with Crippen LogP contribution in [0.15, 0.2) is 40.9 Å². The third kappa shape index (κ3) is 6.42. The monoisotopic (exact) mass is 578 g/mol. The third-order valence-corrected chi connectivity index (χ3v) is 7.48. The first-order valence-electron chi connectivity index (χ1n) is 13.7. The minimum absolute atomic E-state index is 0.0665. The quantitative estimate of drug-likeness (QED) is 0.467. The molecule has 3 aliphatic rings. The molecule has 4 heterocycles. The Hall–Kier alpha value is -4.74. The van der Waals surface area contributed by atoms with E-state index < -0.39 is 18.1 Å². The first kappa shape index (κ1) is 28.8. The van der Waals surface area contributed by atoms with Gasteiger partial charge >= 0.3 is 0 Å². The molecule has 2 N–H and O–H groups in total. The number of carbonyl (C=O) groups excluding carboxylic acids is 3. The van der Waals surface area contributed by atoms with Gasteiger partial charge in [0.2, 0.25) is 5.91 Å². The van der Waals surface area contributed by atoms with Gasteiger partial charge in [-0.05, 0) is 44.5 Å². The van der Waals surface area contributed by atoms with E-state index in [2.05, 4.69) is 15.8 Å². The van der Waals surface area contributed by atoms with Gasteiger partial charge in [-0.25, -0.2) is 0 Å². The minimum atomic E-state index is -0.538. The molecule has 1 aromatic heterocycles. The van der Waals surface area contributed by atoms with E-state index in [0.717, 1.165) is 16.8 Å². The highest BCUT2D eigenvalue weighted by Crippen LogP contribution is 2.29. The fourth-order valence-electron chi connectivity index (χ4n) is 5.15. The lowest BCUT2D eigenvalue weighted by Gasteiger charge is -2.22. The largest absolute Gasteiger partial charge is 0.497 e. The van der Waals surface area contributed by atoms with Gasteiger partial charge < -0.3 is 39.0 Å². The summed E-state index contributed by atoms with van der Waals surface area (Å²) in [5.41, 5.74) is 2.72. The maximum atomic E-state index is 13.5. The van der Waals surface area contributed by atoms with Crippen LogP contribution in [0.2, 0.25) is 0 Å². The van der Waals surface area contributed by atoms with Crippen LogP contribution < -0.4 is 29.6 Å². The number of benzene rings is 2. The van der Waals surface area contributed by atoms with Gasteiger partial charge in [-0.2, -0.15) is 0 Å². The highest BCUT2D eigenvalue weighted by Gasteiger charge is 2.38. The topological polar surface area (TPSA) is 141 Å². The molecule has 6 rings (SSSR count). The first-order valence-corrected chi connectivity index (χ1v) is 13.7. The molecular formula is C30H34N4O8. The van der Waals surface area contributed by atoms with Gasteiger partial charge in [0.15, 0.2) is 6.61 Å². The van der Waals surface area contributed by atoms with E-state index in [4.69, 9.17) is 23.5 Å². The summed E-state index contributed by atoms with van der Waals surface area (Å²) >= 11 is 0. The number of nitrogens with one attached hydrogen (secondary N) is 2. The molecule has 0 spiro atoms. The Morgan fingerprint density at radius 2 is 1.90 bits per heavy atom. The second kappa shape index (κ2) is 12.4. The number of nitrogens with zero attached hydrogens (tertiary/aromatic N) is 2. The van der Waals surface area contributed by atoms with Crippen LogP contribution in [-0.2, 0) is 22.6 Å². The summed E-state index contributed by atoms with van der Waals surface area (Å²) in [6.07, 6.45) is 0.228. The lowest BCUT2D eigenvalue weighted by atomic mass is 10.1. The van der Waals surface area contributed by atoms with E-state index in [9.17, 15) is 14.4 Å². The van der Waals surface area contributed by atoms with Gasteiger partial charge in [0.05, 0.1) is 32.5 Å². The number of hydrogen-bond donors (Lipinski definition) is 2. The molecule has 0 radical (unpaired) electrons. The molecule has 4 bridgehead atoms. The van der Waals surface area contributed by atoms with Crippen molar-refractivity contribution in [1.29, 1.82) is 0 Å². The molecule has 2 atom stereocenters. The fraction of sp³-hybridized carbons (Fsp3) is 0.400. The summed E-state index contributed by atoms with van der Waals surface area (Å²) in [7, 11) is 3.02. The molecule has 12 nitrogen and oxygen atoms in total. The average Bonchev–Trinajstić information content (AvgIpc) is 3.54. The van der Waals surface area contributed by atoms with Crippen molar-refractivity contribution in [1.82, 2.24) is 20.7 Å². The Morgan fingerprint density at radius 1 is 1.07 bits per heavy atom. The van der Waals surface area contributed by atoms with Crippen LogP contribution >= 0.6 is 0 Å². The molecule has 1 saturated heterocycles. The zero-order valence-corrected chi connectivity index (χ0v) is 24.0. The van der Waals surface area contributed by atoms with Crippen LogP contribution in [-0.4, -0.2) is 73.8 Å². The van der Waals surface area contributed by atoms with Gasteiger partial charge in [0.1, 0.15) is 34.9 Å². The second-order valence-corrected chi connectivity index (χ2v) is 10.3. The predicted octanol–water partition coefficient (Wildman–Crippen LogP) is 2.34. The highest BCUT2D eigenvalue weighted by atomic mass is 16.5. The van der Waals surface area contributed by atoms with Crippen molar-refractivity contribution in [3.63, 3.8) is 0 Å². The summed E-state index contributed by atoms with van der Waals surface area (Å²) in [6.45, 7) is 4.18. The van der Waals surface area contributed by atoms with Gasteiger partial charge in [-0.3, -0.25) is 14.4 Å². The van der Waals surface area contributed by atoms with E-state index in [1.165, 1.54) is 14.2 Å². The van der Waals surface area contributed by atoms with Gasteiger partial charge in [-0.1, -0.05) is 5.16 Å². The Bertz CT molecular complexity index is 1470. The Kier molecular flexibility index (Phi) is 8.51. The molecule has 0 saturated carbocycles. The minimum Gasteiger partial charge on any atom is -0.497 e. The predicted molar refractivity (Wildman–Crippen MR) is 150 cm³/mol. The van der Waals surface area contributed by atoms with Gasteiger partial charge in [-0.15, -0.1) is 0 Å². The molecule has 2 aromatic carbocycles. The van der Waals surface area contributed by atoms with Crippen molar-refractivity contribution in [2.45, 2.75) is 45.4 Å². The lowest BCUT2D eigenvalue weighted by Crippen LogP contribution is -2.45. The smallest absolute Gasteiger partial charge is 0.258 e. The van der Waals surface area contributed by atoms with Crippen molar-refractivity contribution >= 4 is 17.7 Å². The van der Waals surface area contributed by atoms with Gasteiger partial charge in [0, 0.05) is 48.3 Å². The van der Waals surface area contributed by atoms with Crippen LogP contribution in [0.25, 0.3) is 0 Å². The summed E-state index contributed by atoms with van der Waals surface area (Å²) in [5, 5.41) is 9.81. The number of likely N-dealkylation sites (tertiary alicyclic amines) is 1. The van der Waals surface area contributed by atoms with Crippen molar-refractivity contribution in [2.24, 2.45) is 0 Å². The molecule has 12 heteroatoms. The first-order chi connectivity index (χ1) is 20.2. The summed E-state index contributed by atoms with van der Waals surface area (Å²) in [6, 6.07) is 9.51. The molecule has 222 valence electrons. The summed E-state index contributed by atoms with van der Waals surface area (Å²) in [5.74, 6) is 1.63. The molecule has 3 aliphatic heterocycles. The zero-order chi connectivity index (χ0) is 29.8. The standard InChI is InChI=1S/C30H34N4O8/c1-17-24(18(2)42-33-17)7-8-29(36)34-14-25-27(15-34)41-21-6-5-19(26(12-21)39-4)13-31-28(35)16-40-23-10-20(30(37)32-25)9-22(11-23)38-3/h5-6,9-12,25,27H,7-8,13-16H2,1-4H3,(H,31,35)(H,32,37)/t25-,27-/m0/s1. The Labute approximate surface area is 243 Å². The fourth-order valence-corrected chi connectivity index (χ4v) is 5.15. The third-order valence-electron chi connectivity index (χ3n) is 7.48. The van der Waals surface area contributed by atoms with E-state index >= 15 is 0 Å². The number of rotatable bonds is 5. The van der Waals surface area contributed by atoms with E-state index in [1.807, 2.05) is 13.8 Å². The molecule has 3 aromatic rings. The van der Waals surface area contributed by atoms with Crippen LogP contribution in [0, 0.1) is 13.8 Å². The van der Waals surface area contributed by atoms with Gasteiger partial charge in [0.25, 0.3) is 11.8 Å². The SMILES string of the molecule is COc1cc2cc(c1)C(=O)N[C@H]1CN(C(=O)CCc3c(C)noc3C)C[C@@H]1Oc1ccc(c(OC)c1)CNC(=O)CO2. The maximum absolute atomic E-state index is 13.5. The number of methoxy groups -OCH3 is 2. The number of ether oxygens (including phenoxy) is 4. The molecule has 0 aliphatic carbocycles. The van der Waals surface area contributed by atoms with Crippen molar-refractivity contribution < 1.29 is 37.9 Å². The number of aryl methyl sites for hydroxylation is 2. The number of fused-ring (bicyclic) bond motifs is 7. The Morgan fingerprint density at radius 3 is 2.64 bits per heavy atom. The average molecular weight is 579 g/mol. The molecule has 0 unspecified atom stereocenters. The summed E-state index contributed by atoms with van der Waals surface area (Å²) < 4.78 is 28.2. The molecule has 1 fully saturated rings. The number of amides is 3. The van der Waals surface area contributed by atoms with E-state index in [1.54, 1.807) is 41.3 Å². The number of hydrogen-bond acceptors (Lipinski definition) is 9. The van der Waals surface area contributed by atoms with Crippen molar-refractivity contribution in [3.05, 3.63) is 64.5 Å². The van der Waals surface area contributed by atoms with Crippen molar-refractivity contribution in [2.75, 3.05) is 33.9 Å². The van der Waals surface area contributed by atoms with Crippen molar-refractivity contribution in [3.8, 4) is 23.0 Å². The number of aromatic nitrogens is 1. The maximum Gasteiger partial charge on any atom is 0.258 e. The van der Waals surface area contributed by atoms with E-state index in [0.29, 0.717) is 35.2 Å². The Balaban J connectivity index is 1.42. The van der Waals surface area contributed by atoms with Crippen LogP contribution in [0.5, 0.6) is 23.0 Å². The molecule has 42 heavy (non-hydrogen) atoms. The van der Waals surface area contributed by atoms with Crippen LogP contribution in [0.3, 0.4) is 0 Å². The lowest BCUT2D eigenvalue weighted by molar-refractivity contribution is -0.130. The second-order valence-electron chi connectivity index (χ2n) is 10.3. The molecular weight excluding hydrogens is 544 g/mol. The summed E-state index contributed by atoms with van der Waals surface area (Å²) in [4.78, 5) is 40.9.